The predicted molar refractivity (Wildman–Crippen MR) is 116 cm³/mol. The van der Waals surface area contributed by atoms with Crippen molar-refractivity contribution in [3.05, 3.63) is 52.5 Å². The molecule has 1 unspecified atom stereocenters. The normalized spacial score (nSPS) is 12.0. The quantitative estimate of drug-likeness (QED) is 0.615. The first-order chi connectivity index (χ1) is 13.9. The number of hydrogen-bond donors (Lipinski definition) is 1. The summed E-state index contributed by atoms with van der Waals surface area (Å²) in [5.41, 5.74) is 3.13. The molecule has 154 valence electrons. The van der Waals surface area contributed by atoms with Crippen LogP contribution in [-0.4, -0.2) is 50.7 Å². The van der Waals surface area contributed by atoms with Gasteiger partial charge in [-0.2, -0.15) is 0 Å². The number of fused-ring (bicyclic) bond motifs is 1. The monoisotopic (exact) mass is 414 g/mol. The summed E-state index contributed by atoms with van der Waals surface area (Å²) in [7, 11) is 7.10. The average molecular weight is 415 g/mol. The first kappa shape index (κ1) is 21.1. The fourth-order valence-electron chi connectivity index (χ4n) is 3.25. The number of quaternary nitrogens is 1. The molecule has 3 rings (SSSR count). The van der Waals surface area contributed by atoms with Crippen LogP contribution in [-0.2, 0) is 17.9 Å². The molecule has 1 atom stereocenters. The maximum atomic E-state index is 12.7. The van der Waals surface area contributed by atoms with E-state index in [1.54, 1.807) is 30.5 Å². The van der Waals surface area contributed by atoms with Crippen LogP contribution in [0.3, 0.4) is 0 Å². The van der Waals surface area contributed by atoms with E-state index in [9.17, 15) is 4.79 Å². The second-order valence-electron chi connectivity index (χ2n) is 7.27. The third-order valence-corrected chi connectivity index (χ3v) is 5.96. The van der Waals surface area contributed by atoms with Crippen LogP contribution in [0.2, 0.25) is 0 Å². The van der Waals surface area contributed by atoms with Crippen LogP contribution in [0.5, 0.6) is 11.5 Å². The third kappa shape index (κ3) is 5.05. The molecule has 29 heavy (non-hydrogen) atoms. The van der Waals surface area contributed by atoms with Gasteiger partial charge in [-0.1, -0.05) is 12.1 Å². The van der Waals surface area contributed by atoms with Crippen molar-refractivity contribution in [3.8, 4) is 11.5 Å². The van der Waals surface area contributed by atoms with Crippen molar-refractivity contribution in [2.45, 2.75) is 20.0 Å². The number of benzene rings is 2. The number of nitrogens with one attached hydrogen (secondary N) is 1. The Balaban J connectivity index is 1.61. The predicted octanol–water partition coefficient (Wildman–Crippen LogP) is 2.30. The van der Waals surface area contributed by atoms with Gasteiger partial charge in [-0.25, -0.2) is 4.98 Å². The lowest BCUT2D eigenvalue weighted by Crippen LogP contribution is -3.08. The molecule has 2 aromatic carbocycles. The van der Waals surface area contributed by atoms with Crippen LogP contribution in [0, 0.1) is 6.92 Å². The second kappa shape index (κ2) is 9.24. The zero-order valence-electron chi connectivity index (χ0n) is 17.6. The van der Waals surface area contributed by atoms with Gasteiger partial charge in [-0.05, 0) is 42.3 Å². The zero-order chi connectivity index (χ0) is 21.0. The molecule has 3 aromatic rings. The van der Waals surface area contributed by atoms with E-state index in [4.69, 9.17) is 9.47 Å². The molecule has 0 spiro atoms. The molecule has 0 radical (unpaired) electrons. The highest BCUT2D eigenvalue weighted by Gasteiger charge is 2.18. The summed E-state index contributed by atoms with van der Waals surface area (Å²) in [6.07, 6.45) is 0. The number of hydrogen-bond acceptors (Lipinski definition) is 5. The van der Waals surface area contributed by atoms with Crippen LogP contribution in [0.4, 0.5) is 0 Å². The van der Waals surface area contributed by atoms with Gasteiger partial charge in [0.15, 0.2) is 18.0 Å². The fraction of sp³-hybridized carbons (Fsp3) is 0.364. The number of aryl methyl sites for hydroxylation is 1. The topological polar surface area (TPSA) is 56.1 Å². The van der Waals surface area contributed by atoms with E-state index >= 15 is 0 Å². The lowest BCUT2D eigenvalue weighted by Gasteiger charge is -2.21. The number of aromatic nitrogens is 1. The number of carbonyl (C=O) groups is 1. The van der Waals surface area contributed by atoms with Crippen molar-refractivity contribution in [1.29, 1.82) is 0 Å². The first-order valence-corrected chi connectivity index (χ1v) is 10.3. The standard InChI is InChI=1S/C22H27N3O3S/c1-15-10-18(27-4)19(28-5)11-16(15)12-25(3)22(26)14-24(2)13-21-23-17-8-6-7-9-20(17)29-21/h6-11H,12-14H2,1-5H3/p+1. The molecule has 1 heterocycles. The van der Waals surface area contributed by atoms with Gasteiger partial charge in [0.2, 0.25) is 0 Å². The van der Waals surface area contributed by atoms with Crippen LogP contribution in [0.15, 0.2) is 36.4 Å². The van der Waals surface area contributed by atoms with Gasteiger partial charge in [0.1, 0.15) is 11.6 Å². The minimum Gasteiger partial charge on any atom is -0.493 e. The summed E-state index contributed by atoms with van der Waals surface area (Å²) in [6, 6.07) is 12.0. The second-order valence-corrected chi connectivity index (χ2v) is 8.38. The number of rotatable bonds is 8. The fourth-order valence-corrected chi connectivity index (χ4v) is 4.33. The van der Waals surface area contributed by atoms with Crippen LogP contribution >= 0.6 is 11.3 Å². The van der Waals surface area contributed by atoms with Crippen molar-refractivity contribution in [2.24, 2.45) is 0 Å². The molecular weight excluding hydrogens is 386 g/mol. The molecule has 0 bridgehead atoms. The summed E-state index contributed by atoms with van der Waals surface area (Å²) < 4.78 is 11.9. The van der Waals surface area contributed by atoms with Crippen molar-refractivity contribution in [1.82, 2.24) is 9.88 Å². The number of para-hydroxylation sites is 1. The van der Waals surface area contributed by atoms with Crippen molar-refractivity contribution in [2.75, 3.05) is 34.9 Å². The summed E-state index contributed by atoms with van der Waals surface area (Å²) in [6.45, 7) is 3.69. The number of methoxy groups -OCH3 is 2. The molecule has 0 aliphatic carbocycles. The minimum absolute atomic E-state index is 0.0952. The third-order valence-electron chi connectivity index (χ3n) is 4.92. The highest BCUT2D eigenvalue weighted by Crippen LogP contribution is 2.30. The molecule has 1 amide bonds. The van der Waals surface area contributed by atoms with Gasteiger partial charge >= 0.3 is 0 Å². The molecule has 0 fully saturated rings. The zero-order valence-corrected chi connectivity index (χ0v) is 18.4. The summed E-state index contributed by atoms with van der Waals surface area (Å²) >= 11 is 1.69. The Morgan fingerprint density at radius 3 is 2.55 bits per heavy atom. The van der Waals surface area contributed by atoms with Gasteiger partial charge in [-0.3, -0.25) is 4.79 Å². The molecule has 0 saturated heterocycles. The van der Waals surface area contributed by atoms with Gasteiger partial charge in [0.05, 0.1) is 31.5 Å². The smallest absolute Gasteiger partial charge is 0.277 e. The van der Waals surface area contributed by atoms with Crippen molar-refractivity contribution >= 4 is 27.5 Å². The molecule has 1 N–H and O–H groups in total. The maximum absolute atomic E-state index is 12.7. The van der Waals surface area contributed by atoms with Gasteiger partial charge < -0.3 is 19.3 Å². The molecule has 0 saturated carbocycles. The van der Waals surface area contributed by atoms with E-state index in [2.05, 4.69) is 11.1 Å². The van der Waals surface area contributed by atoms with Crippen LogP contribution in [0.1, 0.15) is 16.1 Å². The summed E-state index contributed by atoms with van der Waals surface area (Å²) in [5, 5.41) is 1.05. The Labute approximate surface area is 175 Å². The Hall–Kier alpha value is -2.64. The Kier molecular flexibility index (Phi) is 6.71. The van der Waals surface area contributed by atoms with Gasteiger partial charge in [-0.15, -0.1) is 11.3 Å². The number of amides is 1. The summed E-state index contributed by atoms with van der Waals surface area (Å²) in [5.74, 6) is 1.47. The number of ether oxygens (including phenoxy) is 2. The highest BCUT2D eigenvalue weighted by atomic mass is 32.1. The molecule has 6 nitrogen and oxygen atoms in total. The van der Waals surface area contributed by atoms with Crippen molar-refractivity contribution < 1.29 is 19.2 Å². The Bertz CT molecular complexity index is 969. The average Bonchev–Trinajstić information content (AvgIpc) is 3.10. The van der Waals surface area contributed by atoms with Crippen LogP contribution in [0.25, 0.3) is 10.2 Å². The van der Waals surface area contributed by atoms with E-state index in [-0.39, 0.29) is 5.91 Å². The SMILES string of the molecule is COc1cc(C)c(CN(C)C(=O)C[NH+](C)Cc2nc3ccccc3s2)cc1OC. The van der Waals surface area contributed by atoms with Gasteiger partial charge in [0.25, 0.3) is 5.91 Å². The molecular formula is C22H28N3O3S+. The van der Waals surface area contributed by atoms with E-state index in [1.165, 1.54) is 4.70 Å². The number of thiazole rings is 1. The Morgan fingerprint density at radius 2 is 1.86 bits per heavy atom. The van der Waals surface area contributed by atoms with E-state index in [0.29, 0.717) is 24.6 Å². The molecule has 1 aromatic heterocycles. The van der Waals surface area contributed by atoms with E-state index in [0.717, 1.165) is 33.1 Å². The number of carbonyl (C=O) groups excluding carboxylic acids is 1. The lowest BCUT2D eigenvalue weighted by atomic mass is 10.1. The maximum Gasteiger partial charge on any atom is 0.277 e. The van der Waals surface area contributed by atoms with E-state index < -0.39 is 0 Å². The van der Waals surface area contributed by atoms with Gasteiger partial charge in [0, 0.05) is 13.6 Å². The lowest BCUT2D eigenvalue weighted by molar-refractivity contribution is -0.885. The number of nitrogens with zero attached hydrogens (tertiary/aromatic N) is 2. The molecule has 7 heteroatoms. The summed E-state index contributed by atoms with van der Waals surface area (Å²) in [4.78, 5) is 20.3. The van der Waals surface area contributed by atoms with Crippen molar-refractivity contribution in [3.63, 3.8) is 0 Å². The first-order valence-electron chi connectivity index (χ1n) is 9.52. The molecule has 0 aliphatic rings. The minimum atomic E-state index is 0.0952. The van der Waals surface area contributed by atoms with Crippen LogP contribution < -0.4 is 14.4 Å². The number of likely N-dealkylation sites (N-methyl/N-ethyl adjacent to an activating group) is 2. The highest BCUT2D eigenvalue weighted by molar-refractivity contribution is 7.18. The Morgan fingerprint density at radius 1 is 1.17 bits per heavy atom. The van der Waals surface area contributed by atoms with E-state index in [1.807, 2.05) is 51.4 Å². The molecule has 0 aliphatic heterocycles. The largest absolute Gasteiger partial charge is 0.493 e.